The molecular weight excluding hydrogens is 452 g/mol. The van der Waals surface area contributed by atoms with Gasteiger partial charge in [0.15, 0.2) is 5.78 Å². The number of Topliss-reactive ketones (excluding diaryl/α,β-unsaturated/α-hetero) is 1. The molecule has 2 aromatic carbocycles. The summed E-state index contributed by atoms with van der Waals surface area (Å²) in [5.74, 6) is 0.731. The van der Waals surface area contributed by atoms with E-state index >= 15 is 0 Å². The molecule has 0 radical (unpaired) electrons. The van der Waals surface area contributed by atoms with E-state index in [1.807, 2.05) is 6.08 Å². The van der Waals surface area contributed by atoms with E-state index in [2.05, 4.69) is 104 Å². The summed E-state index contributed by atoms with van der Waals surface area (Å²) in [6, 6.07) is 18.0. The van der Waals surface area contributed by atoms with Gasteiger partial charge in [0.1, 0.15) is 6.10 Å². The van der Waals surface area contributed by atoms with E-state index < -0.39 is 14.8 Å². The van der Waals surface area contributed by atoms with E-state index in [4.69, 9.17) is 4.74 Å². The summed E-state index contributed by atoms with van der Waals surface area (Å²) in [4.78, 5) is 20.8. The monoisotopic (exact) mass is 488 g/mol. The van der Waals surface area contributed by atoms with Crippen molar-refractivity contribution in [2.45, 2.75) is 48.3 Å². The van der Waals surface area contributed by atoms with Gasteiger partial charge < -0.3 is 14.5 Å². The molecule has 0 bridgehead atoms. The predicted molar refractivity (Wildman–Crippen MR) is 148 cm³/mol. The highest BCUT2D eigenvalue weighted by atomic mass is 32.3. The number of rotatable bonds is 8. The number of benzene rings is 2. The normalized spacial score (nSPS) is 24.4. The first kappa shape index (κ1) is 23.8. The fraction of sp³-hybridized carbons (Fsp3) is 0.367. The summed E-state index contributed by atoms with van der Waals surface area (Å²) < 4.78 is 5.69. The molecule has 2 atom stereocenters. The third-order valence-electron chi connectivity index (χ3n) is 7.88. The lowest BCUT2D eigenvalue weighted by molar-refractivity contribution is -0.113. The molecule has 3 aliphatic rings. The zero-order valence-corrected chi connectivity index (χ0v) is 22.1. The number of carbonyl (C=O) groups is 1. The van der Waals surface area contributed by atoms with Gasteiger partial charge >= 0.3 is 0 Å². The molecular formula is C30H36N2O2S. The van der Waals surface area contributed by atoms with Gasteiger partial charge in [-0.3, -0.25) is 4.79 Å². The van der Waals surface area contributed by atoms with Gasteiger partial charge in [-0.1, -0.05) is 18.2 Å². The summed E-state index contributed by atoms with van der Waals surface area (Å²) in [6.45, 7) is 12.6. The van der Waals surface area contributed by atoms with Gasteiger partial charge in [0.25, 0.3) is 0 Å². The lowest BCUT2D eigenvalue weighted by Crippen LogP contribution is -2.41. The van der Waals surface area contributed by atoms with Crippen molar-refractivity contribution in [1.29, 1.82) is 0 Å². The van der Waals surface area contributed by atoms with Crippen LogP contribution in [-0.4, -0.2) is 48.6 Å². The fourth-order valence-electron chi connectivity index (χ4n) is 6.05. The fourth-order valence-corrected chi connectivity index (χ4v) is 10.8. The zero-order valence-electron chi connectivity index (χ0n) is 21.2. The first-order valence-electron chi connectivity index (χ1n) is 12.8. The van der Waals surface area contributed by atoms with Crippen molar-refractivity contribution >= 4 is 27.2 Å². The molecule has 1 aliphatic carbocycles. The van der Waals surface area contributed by atoms with E-state index in [0.717, 1.165) is 31.8 Å². The molecule has 1 fully saturated rings. The molecule has 4 nitrogen and oxygen atoms in total. The average Bonchev–Trinajstić information content (AvgIpc) is 3.41. The highest BCUT2D eigenvalue weighted by Gasteiger charge is 2.65. The number of allylic oxidation sites excluding steroid dienone is 2. The summed E-state index contributed by atoms with van der Waals surface area (Å²) >= 11 is 0. The maximum Gasteiger partial charge on any atom is 0.172 e. The van der Waals surface area contributed by atoms with E-state index in [9.17, 15) is 4.79 Å². The Hall–Kier alpha value is -2.92. The van der Waals surface area contributed by atoms with Crippen molar-refractivity contribution in [1.82, 2.24) is 0 Å². The van der Waals surface area contributed by atoms with Crippen molar-refractivity contribution in [2.75, 3.05) is 41.7 Å². The van der Waals surface area contributed by atoms with Gasteiger partial charge in [-0.15, -0.1) is 0 Å². The van der Waals surface area contributed by atoms with Crippen LogP contribution in [0.15, 0.2) is 94.5 Å². The number of anilines is 2. The highest BCUT2D eigenvalue weighted by Crippen LogP contribution is 2.79. The SMILES string of the molecule is CCN(CC)c1ccc(S2(c3ccc(N(CC)CC)cc3)CC(=O)C3=COC4C=CC=CC342)cc1. The van der Waals surface area contributed by atoms with Crippen LogP contribution >= 0.6 is 10.0 Å². The largest absolute Gasteiger partial charge is 0.491 e. The van der Waals surface area contributed by atoms with Crippen LogP contribution in [0.3, 0.4) is 0 Å². The second-order valence-corrected chi connectivity index (χ2v) is 12.6. The number of hydrogen-bond acceptors (Lipinski definition) is 4. The van der Waals surface area contributed by atoms with Crippen molar-refractivity contribution in [3.8, 4) is 0 Å². The van der Waals surface area contributed by atoms with E-state index in [1.165, 1.54) is 21.2 Å². The maximum absolute atomic E-state index is 13.6. The Bertz CT molecular complexity index is 1120. The molecule has 35 heavy (non-hydrogen) atoms. The average molecular weight is 489 g/mol. The van der Waals surface area contributed by atoms with Crippen LogP contribution < -0.4 is 9.80 Å². The van der Waals surface area contributed by atoms with Crippen molar-refractivity contribution in [3.63, 3.8) is 0 Å². The summed E-state index contributed by atoms with van der Waals surface area (Å²) in [5, 5.41) is 0. The van der Waals surface area contributed by atoms with Crippen LogP contribution in [0, 0.1) is 0 Å². The van der Waals surface area contributed by atoms with Gasteiger partial charge in [0.2, 0.25) is 0 Å². The molecule has 1 saturated heterocycles. The quantitative estimate of drug-likeness (QED) is 0.435. The van der Waals surface area contributed by atoms with E-state index in [-0.39, 0.29) is 11.9 Å². The molecule has 0 saturated carbocycles. The first-order valence-corrected chi connectivity index (χ1v) is 14.6. The van der Waals surface area contributed by atoms with Crippen molar-refractivity contribution < 1.29 is 9.53 Å². The number of nitrogens with zero attached hydrogens (tertiary/aromatic N) is 2. The minimum atomic E-state index is -1.80. The third-order valence-corrected chi connectivity index (χ3v) is 12.5. The first-order chi connectivity index (χ1) is 17.0. The van der Waals surface area contributed by atoms with Gasteiger partial charge in [0.05, 0.1) is 16.6 Å². The van der Waals surface area contributed by atoms with Crippen LogP contribution in [0.25, 0.3) is 0 Å². The van der Waals surface area contributed by atoms with Gasteiger partial charge in [-0.05, 0) is 92.1 Å². The number of hydrogen-bond donors (Lipinski definition) is 0. The maximum atomic E-state index is 13.6. The van der Waals surface area contributed by atoms with Crippen molar-refractivity contribution in [2.24, 2.45) is 0 Å². The third kappa shape index (κ3) is 3.39. The number of ether oxygens (including phenoxy) is 1. The van der Waals surface area contributed by atoms with Gasteiger partial charge in [-0.25, -0.2) is 0 Å². The van der Waals surface area contributed by atoms with E-state index in [0.29, 0.717) is 5.75 Å². The molecule has 0 aromatic heterocycles. The summed E-state index contributed by atoms with van der Waals surface area (Å²) in [5.41, 5.74) is 3.28. The molecule has 1 spiro atoms. The van der Waals surface area contributed by atoms with Crippen LogP contribution in [0.2, 0.25) is 0 Å². The Balaban J connectivity index is 1.71. The zero-order chi connectivity index (χ0) is 24.6. The van der Waals surface area contributed by atoms with Gasteiger partial charge in [0, 0.05) is 43.3 Å². The summed E-state index contributed by atoms with van der Waals surface area (Å²) in [6.07, 6.45) is 10.1. The predicted octanol–water partition coefficient (Wildman–Crippen LogP) is 6.33. The Morgan fingerprint density at radius 2 is 1.34 bits per heavy atom. The lowest BCUT2D eigenvalue weighted by atomic mass is 9.89. The molecule has 2 heterocycles. The highest BCUT2D eigenvalue weighted by molar-refractivity contribution is 8.36. The molecule has 0 amide bonds. The molecule has 2 unspecified atom stereocenters. The molecule has 0 N–H and O–H groups in total. The Morgan fingerprint density at radius 1 is 0.829 bits per heavy atom. The molecule has 5 rings (SSSR count). The van der Waals surface area contributed by atoms with E-state index in [1.54, 1.807) is 6.26 Å². The molecule has 2 aromatic rings. The van der Waals surface area contributed by atoms with Crippen LogP contribution in [0.4, 0.5) is 11.4 Å². The second kappa shape index (κ2) is 9.27. The molecule has 184 valence electrons. The Morgan fingerprint density at radius 3 is 1.83 bits per heavy atom. The smallest absolute Gasteiger partial charge is 0.172 e. The van der Waals surface area contributed by atoms with Crippen LogP contribution in [0.1, 0.15) is 27.7 Å². The van der Waals surface area contributed by atoms with Crippen molar-refractivity contribution in [3.05, 3.63) is 84.7 Å². The lowest BCUT2D eigenvalue weighted by Gasteiger charge is -2.50. The second-order valence-electron chi connectivity index (χ2n) is 9.26. The van der Waals surface area contributed by atoms with Gasteiger partial charge in [-0.2, -0.15) is 10.0 Å². The Labute approximate surface area is 211 Å². The standard InChI is InChI=1S/C30H36N2O2S/c1-5-31(6-2)23-12-16-25(17-13-23)35(26-18-14-24(15-19-26)32(7-3)8-4)22-28(33)27-21-34-29-11-9-10-20-30(27,29)35/h9-21,29H,5-8,22H2,1-4H3. The molecule has 2 aliphatic heterocycles. The molecule has 5 heteroatoms. The van der Waals surface area contributed by atoms with Crippen LogP contribution in [-0.2, 0) is 9.53 Å². The summed E-state index contributed by atoms with van der Waals surface area (Å²) in [7, 11) is -1.80. The number of ketones is 1. The van der Waals surface area contributed by atoms with Crippen LogP contribution in [0.5, 0.6) is 0 Å². The topological polar surface area (TPSA) is 32.8 Å². The Kier molecular flexibility index (Phi) is 6.30. The number of carbonyl (C=O) groups excluding carboxylic acids is 1. The minimum absolute atomic E-state index is 0.158. The minimum Gasteiger partial charge on any atom is -0.491 e.